The van der Waals surface area contributed by atoms with E-state index < -0.39 is 6.10 Å². The SMILES string of the molecule is O[C@H](c1ccccc1)c1nc2ccccc2n1Cc1ccc(F)cc1. The first-order chi connectivity index (χ1) is 12.2. The molecular formula is C21H17FN2O. The smallest absolute Gasteiger partial charge is 0.143 e. The van der Waals surface area contributed by atoms with Crippen molar-refractivity contribution >= 4 is 11.0 Å². The summed E-state index contributed by atoms with van der Waals surface area (Å²) in [5.41, 5.74) is 3.51. The summed E-state index contributed by atoms with van der Waals surface area (Å²) in [6.07, 6.45) is -0.825. The Labute approximate surface area is 145 Å². The fourth-order valence-electron chi connectivity index (χ4n) is 3.03. The Kier molecular flexibility index (Phi) is 4.04. The molecule has 0 bridgehead atoms. The number of halogens is 1. The Morgan fingerprint density at radius 2 is 1.56 bits per heavy atom. The van der Waals surface area contributed by atoms with Crippen molar-refractivity contribution in [2.75, 3.05) is 0 Å². The molecule has 1 heterocycles. The van der Waals surface area contributed by atoms with Gasteiger partial charge in [0.25, 0.3) is 0 Å². The monoisotopic (exact) mass is 332 g/mol. The van der Waals surface area contributed by atoms with E-state index in [1.54, 1.807) is 12.1 Å². The summed E-state index contributed by atoms with van der Waals surface area (Å²) < 4.78 is 15.2. The van der Waals surface area contributed by atoms with Crippen molar-refractivity contribution in [1.82, 2.24) is 9.55 Å². The maximum Gasteiger partial charge on any atom is 0.143 e. The average Bonchev–Trinajstić information content (AvgIpc) is 3.02. The number of aromatic nitrogens is 2. The number of benzene rings is 3. The van der Waals surface area contributed by atoms with E-state index in [4.69, 9.17) is 0 Å². The van der Waals surface area contributed by atoms with Crippen LogP contribution in [-0.4, -0.2) is 14.7 Å². The first-order valence-corrected chi connectivity index (χ1v) is 8.15. The molecule has 4 aromatic rings. The molecule has 4 heteroatoms. The highest BCUT2D eigenvalue weighted by atomic mass is 19.1. The van der Waals surface area contributed by atoms with E-state index in [0.717, 1.165) is 22.2 Å². The van der Waals surface area contributed by atoms with Crippen molar-refractivity contribution in [1.29, 1.82) is 0 Å². The molecule has 0 aliphatic heterocycles. The van der Waals surface area contributed by atoms with Crippen LogP contribution in [0.5, 0.6) is 0 Å². The zero-order valence-electron chi connectivity index (χ0n) is 13.5. The summed E-state index contributed by atoms with van der Waals surface area (Å²) in [7, 11) is 0. The Bertz CT molecular complexity index is 994. The standard InChI is InChI=1S/C21H17FN2O/c22-17-12-10-15(11-13-17)14-24-19-9-5-4-8-18(19)23-21(24)20(25)16-6-2-1-3-7-16/h1-13,20,25H,14H2/t20-/m1/s1. The van der Waals surface area contributed by atoms with Gasteiger partial charge in [-0.2, -0.15) is 0 Å². The molecule has 1 aromatic heterocycles. The molecule has 25 heavy (non-hydrogen) atoms. The first kappa shape index (κ1) is 15.5. The van der Waals surface area contributed by atoms with Crippen LogP contribution >= 0.6 is 0 Å². The highest BCUT2D eigenvalue weighted by molar-refractivity contribution is 5.76. The van der Waals surface area contributed by atoms with Gasteiger partial charge in [-0.15, -0.1) is 0 Å². The number of fused-ring (bicyclic) bond motifs is 1. The van der Waals surface area contributed by atoms with Gasteiger partial charge in [-0.3, -0.25) is 0 Å². The summed E-state index contributed by atoms with van der Waals surface area (Å²) in [5, 5.41) is 10.9. The predicted molar refractivity (Wildman–Crippen MR) is 95.7 cm³/mol. The minimum atomic E-state index is -0.825. The van der Waals surface area contributed by atoms with Gasteiger partial charge in [-0.05, 0) is 35.4 Å². The maximum absolute atomic E-state index is 13.2. The second kappa shape index (κ2) is 6.49. The van der Waals surface area contributed by atoms with E-state index in [0.29, 0.717) is 12.4 Å². The van der Waals surface area contributed by atoms with Crippen LogP contribution in [0.2, 0.25) is 0 Å². The van der Waals surface area contributed by atoms with Crippen LogP contribution in [0.1, 0.15) is 23.1 Å². The Morgan fingerprint density at radius 1 is 0.880 bits per heavy atom. The van der Waals surface area contributed by atoms with E-state index in [9.17, 15) is 9.50 Å². The van der Waals surface area contributed by atoms with Crippen LogP contribution in [0.4, 0.5) is 4.39 Å². The van der Waals surface area contributed by atoms with Crippen molar-refractivity contribution in [3.63, 3.8) is 0 Å². The van der Waals surface area contributed by atoms with E-state index in [-0.39, 0.29) is 5.82 Å². The molecule has 1 N–H and O–H groups in total. The molecule has 0 amide bonds. The van der Waals surface area contributed by atoms with Gasteiger partial charge in [0.15, 0.2) is 0 Å². The molecule has 124 valence electrons. The number of para-hydroxylation sites is 2. The Balaban J connectivity index is 1.82. The molecule has 0 fully saturated rings. The van der Waals surface area contributed by atoms with Crippen molar-refractivity contribution in [2.24, 2.45) is 0 Å². The number of hydrogen-bond donors (Lipinski definition) is 1. The number of rotatable bonds is 4. The van der Waals surface area contributed by atoms with E-state index >= 15 is 0 Å². The van der Waals surface area contributed by atoms with Gasteiger partial charge in [-0.25, -0.2) is 9.37 Å². The lowest BCUT2D eigenvalue weighted by molar-refractivity contribution is 0.206. The summed E-state index contributed by atoms with van der Waals surface area (Å²) >= 11 is 0. The van der Waals surface area contributed by atoms with Crippen LogP contribution in [0.3, 0.4) is 0 Å². The van der Waals surface area contributed by atoms with Gasteiger partial charge in [-0.1, -0.05) is 54.6 Å². The molecule has 3 nitrogen and oxygen atoms in total. The fourth-order valence-corrected chi connectivity index (χ4v) is 3.03. The normalized spacial score (nSPS) is 12.4. The Hall–Kier alpha value is -2.98. The lowest BCUT2D eigenvalue weighted by Gasteiger charge is -2.14. The molecule has 0 spiro atoms. The zero-order chi connectivity index (χ0) is 17.2. The van der Waals surface area contributed by atoms with Crippen LogP contribution in [-0.2, 0) is 6.54 Å². The molecule has 4 rings (SSSR count). The van der Waals surface area contributed by atoms with E-state index in [2.05, 4.69) is 4.98 Å². The van der Waals surface area contributed by atoms with Crippen molar-refractivity contribution in [3.05, 3.63) is 102 Å². The third-order valence-corrected chi connectivity index (χ3v) is 4.30. The highest BCUT2D eigenvalue weighted by Gasteiger charge is 2.19. The van der Waals surface area contributed by atoms with Crippen LogP contribution in [0.15, 0.2) is 78.9 Å². The van der Waals surface area contributed by atoms with Crippen molar-refractivity contribution in [3.8, 4) is 0 Å². The van der Waals surface area contributed by atoms with Gasteiger partial charge >= 0.3 is 0 Å². The largest absolute Gasteiger partial charge is 0.380 e. The van der Waals surface area contributed by atoms with E-state index in [1.165, 1.54) is 12.1 Å². The van der Waals surface area contributed by atoms with Crippen LogP contribution in [0.25, 0.3) is 11.0 Å². The summed E-state index contributed by atoms with van der Waals surface area (Å²) in [5.74, 6) is 0.320. The topological polar surface area (TPSA) is 38.1 Å². The van der Waals surface area contributed by atoms with E-state index in [1.807, 2.05) is 59.2 Å². The third-order valence-electron chi connectivity index (χ3n) is 4.30. The quantitative estimate of drug-likeness (QED) is 0.605. The number of hydrogen-bond acceptors (Lipinski definition) is 2. The van der Waals surface area contributed by atoms with Crippen molar-refractivity contribution < 1.29 is 9.50 Å². The first-order valence-electron chi connectivity index (χ1n) is 8.15. The Morgan fingerprint density at radius 3 is 2.32 bits per heavy atom. The van der Waals surface area contributed by atoms with Gasteiger partial charge in [0, 0.05) is 6.54 Å². The molecule has 0 saturated carbocycles. The molecule has 1 atom stereocenters. The van der Waals surface area contributed by atoms with Gasteiger partial charge in [0.2, 0.25) is 0 Å². The van der Waals surface area contributed by atoms with Crippen LogP contribution < -0.4 is 0 Å². The molecule has 0 saturated heterocycles. The van der Waals surface area contributed by atoms with Crippen LogP contribution in [0, 0.1) is 5.82 Å². The fraction of sp³-hybridized carbons (Fsp3) is 0.0952. The highest BCUT2D eigenvalue weighted by Crippen LogP contribution is 2.26. The van der Waals surface area contributed by atoms with Gasteiger partial charge in [0.1, 0.15) is 17.7 Å². The molecular weight excluding hydrogens is 315 g/mol. The average molecular weight is 332 g/mol. The van der Waals surface area contributed by atoms with Gasteiger partial charge < -0.3 is 9.67 Å². The predicted octanol–water partition coefficient (Wildman–Crippen LogP) is 4.31. The number of imidazole rings is 1. The molecule has 0 aliphatic carbocycles. The molecule has 0 radical (unpaired) electrons. The number of aliphatic hydroxyl groups is 1. The molecule has 0 unspecified atom stereocenters. The molecule has 3 aromatic carbocycles. The minimum Gasteiger partial charge on any atom is -0.380 e. The van der Waals surface area contributed by atoms with Gasteiger partial charge in [0.05, 0.1) is 11.0 Å². The maximum atomic E-state index is 13.2. The summed E-state index contributed by atoms with van der Waals surface area (Å²) in [6, 6.07) is 23.6. The molecule has 0 aliphatic rings. The number of aliphatic hydroxyl groups excluding tert-OH is 1. The lowest BCUT2D eigenvalue weighted by Crippen LogP contribution is -2.11. The summed E-state index contributed by atoms with van der Waals surface area (Å²) in [4.78, 5) is 4.64. The third kappa shape index (κ3) is 3.04. The summed E-state index contributed by atoms with van der Waals surface area (Å²) in [6.45, 7) is 0.514. The van der Waals surface area contributed by atoms with Crippen molar-refractivity contribution in [2.45, 2.75) is 12.6 Å². The second-order valence-electron chi connectivity index (χ2n) is 5.98. The minimum absolute atomic E-state index is 0.260. The lowest BCUT2D eigenvalue weighted by atomic mass is 10.1. The number of nitrogens with zero attached hydrogens (tertiary/aromatic N) is 2. The second-order valence-corrected chi connectivity index (χ2v) is 5.98. The zero-order valence-corrected chi connectivity index (χ0v) is 13.5.